The predicted molar refractivity (Wildman–Crippen MR) is 83.2 cm³/mol. The van der Waals surface area contributed by atoms with Gasteiger partial charge in [0.25, 0.3) is 0 Å². The molecule has 20 heavy (non-hydrogen) atoms. The van der Waals surface area contributed by atoms with Gasteiger partial charge in [-0.05, 0) is 31.9 Å². The number of hydrogen-bond acceptors (Lipinski definition) is 3. The fraction of sp³-hybridized carbons (Fsp3) is 0.375. The van der Waals surface area contributed by atoms with E-state index in [1.54, 1.807) is 0 Å². The van der Waals surface area contributed by atoms with Crippen molar-refractivity contribution in [2.75, 3.05) is 5.32 Å². The van der Waals surface area contributed by atoms with Crippen molar-refractivity contribution in [3.05, 3.63) is 36.2 Å². The van der Waals surface area contributed by atoms with Crippen LogP contribution in [0.15, 0.2) is 30.5 Å². The SMILES string of the molecule is CCC(CC)Nc1nc2ccccc2n2c(C)cnc12. The molecule has 0 bridgehead atoms. The Labute approximate surface area is 118 Å². The minimum absolute atomic E-state index is 0.435. The second-order valence-corrected chi connectivity index (χ2v) is 5.17. The van der Waals surface area contributed by atoms with Crippen LogP contribution in [0, 0.1) is 6.92 Å². The van der Waals surface area contributed by atoms with Gasteiger partial charge in [-0.25, -0.2) is 9.97 Å². The highest BCUT2D eigenvalue weighted by Gasteiger charge is 2.13. The molecule has 0 saturated heterocycles. The van der Waals surface area contributed by atoms with E-state index in [1.165, 1.54) is 0 Å². The summed E-state index contributed by atoms with van der Waals surface area (Å²) in [5.41, 5.74) is 4.14. The van der Waals surface area contributed by atoms with Gasteiger partial charge in [-0.2, -0.15) is 0 Å². The molecule has 0 aliphatic heterocycles. The van der Waals surface area contributed by atoms with Gasteiger partial charge >= 0.3 is 0 Å². The molecule has 0 radical (unpaired) electrons. The van der Waals surface area contributed by atoms with Gasteiger partial charge in [-0.15, -0.1) is 0 Å². The Bertz CT molecular complexity index is 741. The third-order valence-electron chi connectivity index (χ3n) is 3.83. The van der Waals surface area contributed by atoms with Crippen molar-refractivity contribution in [2.45, 2.75) is 39.7 Å². The van der Waals surface area contributed by atoms with Gasteiger partial charge in [-0.3, -0.25) is 4.40 Å². The van der Waals surface area contributed by atoms with Crippen LogP contribution in [0.2, 0.25) is 0 Å². The number of rotatable bonds is 4. The van der Waals surface area contributed by atoms with Crippen LogP contribution in [0.25, 0.3) is 16.7 Å². The molecule has 0 spiro atoms. The first-order chi connectivity index (χ1) is 9.74. The molecular formula is C16H20N4. The zero-order valence-electron chi connectivity index (χ0n) is 12.2. The topological polar surface area (TPSA) is 42.2 Å². The number of para-hydroxylation sites is 2. The zero-order chi connectivity index (χ0) is 14.1. The number of nitrogens with zero attached hydrogens (tertiary/aromatic N) is 3. The molecule has 0 fully saturated rings. The van der Waals surface area contributed by atoms with Crippen LogP contribution < -0.4 is 5.32 Å². The smallest absolute Gasteiger partial charge is 0.180 e. The molecule has 1 N–H and O–H groups in total. The van der Waals surface area contributed by atoms with E-state index in [0.717, 1.165) is 41.0 Å². The van der Waals surface area contributed by atoms with Crippen LogP contribution in [0.1, 0.15) is 32.4 Å². The lowest BCUT2D eigenvalue weighted by Crippen LogP contribution is -2.18. The van der Waals surface area contributed by atoms with E-state index < -0.39 is 0 Å². The maximum Gasteiger partial charge on any atom is 0.180 e. The van der Waals surface area contributed by atoms with Crippen molar-refractivity contribution in [3.63, 3.8) is 0 Å². The number of aromatic nitrogens is 3. The first-order valence-electron chi connectivity index (χ1n) is 7.24. The maximum atomic E-state index is 4.76. The summed E-state index contributed by atoms with van der Waals surface area (Å²) in [5, 5.41) is 3.53. The molecule has 0 aliphatic rings. The molecule has 0 amide bonds. The van der Waals surface area contributed by atoms with Gasteiger partial charge in [0.15, 0.2) is 11.5 Å². The fourth-order valence-corrected chi connectivity index (χ4v) is 2.61. The van der Waals surface area contributed by atoms with Crippen LogP contribution in [-0.2, 0) is 0 Å². The summed E-state index contributed by atoms with van der Waals surface area (Å²) in [6, 6.07) is 8.63. The molecule has 0 unspecified atom stereocenters. The van der Waals surface area contributed by atoms with Gasteiger partial charge in [0.1, 0.15) is 0 Å². The summed E-state index contributed by atoms with van der Waals surface area (Å²) in [6.45, 7) is 6.46. The van der Waals surface area contributed by atoms with E-state index in [4.69, 9.17) is 4.98 Å². The van der Waals surface area contributed by atoms with Crippen LogP contribution in [0.5, 0.6) is 0 Å². The number of anilines is 1. The number of hydrogen-bond donors (Lipinski definition) is 1. The number of imidazole rings is 1. The standard InChI is InChI=1S/C16H20N4/c1-4-12(5-2)18-15-16-17-10-11(3)20(16)14-9-7-6-8-13(14)19-15/h6-10,12H,4-5H2,1-3H3,(H,18,19). The van der Waals surface area contributed by atoms with Crippen LogP contribution in [0.4, 0.5) is 5.82 Å². The normalized spacial score (nSPS) is 11.6. The Kier molecular flexibility index (Phi) is 3.30. The van der Waals surface area contributed by atoms with Crippen molar-refractivity contribution in [1.29, 1.82) is 0 Å². The zero-order valence-corrected chi connectivity index (χ0v) is 12.2. The summed E-state index contributed by atoms with van der Waals surface area (Å²) < 4.78 is 2.17. The third kappa shape index (κ3) is 2.01. The molecule has 0 aliphatic carbocycles. The first kappa shape index (κ1) is 12.9. The van der Waals surface area contributed by atoms with Crippen molar-refractivity contribution in [3.8, 4) is 0 Å². The lowest BCUT2D eigenvalue weighted by atomic mass is 10.2. The molecule has 1 aromatic carbocycles. The van der Waals surface area contributed by atoms with Gasteiger partial charge in [0.05, 0.1) is 11.0 Å². The Morgan fingerprint density at radius 1 is 1.20 bits per heavy atom. The molecule has 2 heterocycles. The molecule has 4 nitrogen and oxygen atoms in total. The number of fused-ring (bicyclic) bond motifs is 3. The third-order valence-corrected chi connectivity index (χ3v) is 3.83. The molecule has 104 valence electrons. The summed E-state index contributed by atoms with van der Waals surface area (Å²) in [5.74, 6) is 0.880. The minimum Gasteiger partial charge on any atom is -0.364 e. The Morgan fingerprint density at radius 2 is 1.95 bits per heavy atom. The molecule has 3 rings (SSSR count). The second-order valence-electron chi connectivity index (χ2n) is 5.17. The summed E-state index contributed by atoms with van der Waals surface area (Å²) in [7, 11) is 0. The molecule has 4 heteroatoms. The highest BCUT2D eigenvalue weighted by molar-refractivity contribution is 5.83. The predicted octanol–water partition coefficient (Wildman–Crippen LogP) is 3.79. The average Bonchev–Trinajstić information content (AvgIpc) is 2.87. The van der Waals surface area contributed by atoms with Crippen LogP contribution in [-0.4, -0.2) is 20.4 Å². The van der Waals surface area contributed by atoms with Crippen molar-refractivity contribution >= 4 is 22.5 Å². The highest BCUT2D eigenvalue weighted by Crippen LogP contribution is 2.23. The van der Waals surface area contributed by atoms with Crippen molar-refractivity contribution in [2.24, 2.45) is 0 Å². The minimum atomic E-state index is 0.435. The van der Waals surface area contributed by atoms with Crippen LogP contribution >= 0.6 is 0 Å². The van der Waals surface area contributed by atoms with E-state index in [9.17, 15) is 0 Å². The number of nitrogens with one attached hydrogen (secondary N) is 1. The van der Waals surface area contributed by atoms with Gasteiger partial charge in [-0.1, -0.05) is 26.0 Å². The summed E-state index contributed by atoms with van der Waals surface area (Å²) in [6.07, 6.45) is 4.06. The van der Waals surface area contributed by atoms with E-state index in [0.29, 0.717) is 6.04 Å². The van der Waals surface area contributed by atoms with Crippen molar-refractivity contribution in [1.82, 2.24) is 14.4 Å². The number of aryl methyl sites for hydroxylation is 1. The quantitative estimate of drug-likeness (QED) is 0.782. The van der Waals surface area contributed by atoms with Crippen molar-refractivity contribution < 1.29 is 0 Å². The lowest BCUT2D eigenvalue weighted by molar-refractivity contribution is 0.669. The molecule has 2 aromatic heterocycles. The first-order valence-corrected chi connectivity index (χ1v) is 7.24. The molecule has 0 saturated carbocycles. The van der Waals surface area contributed by atoms with Gasteiger partial charge in [0.2, 0.25) is 0 Å². The monoisotopic (exact) mass is 268 g/mol. The largest absolute Gasteiger partial charge is 0.364 e. The Balaban J connectivity index is 2.24. The van der Waals surface area contributed by atoms with Gasteiger partial charge in [0, 0.05) is 17.9 Å². The summed E-state index contributed by atoms with van der Waals surface area (Å²) in [4.78, 5) is 9.29. The van der Waals surface area contributed by atoms with E-state index >= 15 is 0 Å². The maximum absolute atomic E-state index is 4.76. The Hall–Kier alpha value is -2.10. The average molecular weight is 268 g/mol. The number of benzene rings is 1. The Morgan fingerprint density at radius 3 is 2.70 bits per heavy atom. The van der Waals surface area contributed by atoms with Crippen LogP contribution in [0.3, 0.4) is 0 Å². The van der Waals surface area contributed by atoms with Gasteiger partial charge < -0.3 is 5.32 Å². The molecule has 0 atom stereocenters. The molecule has 3 aromatic rings. The van der Waals surface area contributed by atoms with E-state index in [-0.39, 0.29) is 0 Å². The summed E-state index contributed by atoms with van der Waals surface area (Å²) >= 11 is 0. The molecular weight excluding hydrogens is 248 g/mol. The fourth-order valence-electron chi connectivity index (χ4n) is 2.61. The van der Waals surface area contributed by atoms with E-state index in [1.807, 2.05) is 24.4 Å². The second kappa shape index (κ2) is 5.12. The lowest BCUT2D eigenvalue weighted by Gasteiger charge is -2.17. The van der Waals surface area contributed by atoms with E-state index in [2.05, 4.69) is 41.5 Å². The highest BCUT2D eigenvalue weighted by atomic mass is 15.1.